The summed E-state index contributed by atoms with van der Waals surface area (Å²) in [5.74, 6) is -0.832. The lowest BCUT2D eigenvalue weighted by Crippen LogP contribution is -2.06. The predicted molar refractivity (Wildman–Crippen MR) is 60.6 cm³/mol. The first-order valence-corrected chi connectivity index (χ1v) is 5.58. The molecule has 0 bridgehead atoms. The molecular formula is C10H8F3N3OS. The number of halogens is 3. The van der Waals surface area contributed by atoms with Crippen LogP contribution in [0.4, 0.5) is 18.9 Å². The van der Waals surface area contributed by atoms with Gasteiger partial charge in [0, 0.05) is 17.2 Å². The van der Waals surface area contributed by atoms with E-state index in [4.69, 9.17) is 10.5 Å². The van der Waals surface area contributed by atoms with E-state index in [9.17, 15) is 13.2 Å². The van der Waals surface area contributed by atoms with Crippen LogP contribution in [0, 0.1) is 6.92 Å². The van der Waals surface area contributed by atoms with E-state index >= 15 is 0 Å². The molecule has 18 heavy (non-hydrogen) atoms. The van der Waals surface area contributed by atoms with Gasteiger partial charge in [0.2, 0.25) is 0 Å². The number of rotatable bonds is 2. The van der Waals surface area contributed by atoms with Crippen LogP contribution in [0.2, 0.25) is 0 Å². The van der Waals surface area contributed by atoms with E-state index < -0.39 is 12.0 Å². The summed E-state index contributed by atoms with van der Waals surface area (Å²) in [6.45, 7) is 1.77. The lowest BCUT2D eigenvalue weighted by Gasteiger charge is -2.04. The number of nitrogen functional groups attached to an aromatic ring is 1. The van der Waals surface area contributed by atoms with E-state index in [1.165, 1.54) is 0 Å². The van der Waals surface area contributed by atoms with E-state index in [0.717, 1.165) is 5.56 Å². The first kappa shape index (κ1) is 12.6. The highest BCUT2D eigenvalue weighted by Gasteiger charge is 2.36. The van der Waals surface area contributed by atoms with Crippen molar-refractivity contribution in [2.75, 3.05) is 5.73 Å². The summed E-state index contributed by atoms with van der Waals surface area (Å²) in [6, 6.07) is 4.78. The largest absolute Gasteiger partial charge is 0.452 e. The Bertz CT molecular complexity index is 568. The maximum absolute atomic E-state index is 12.3. The molecule has 0 radical (unpaired) electrons. The standard InChI is InChI=1S/C10H8F3N3OS/c1-5-4-6(2-3-7(5)14)17-9-15-8(16-18-9)10(11,12)13/h2-4H,14H2,1H3. The number of aryl methyl sites for hydroxylation is 1. The minimum absolute atomic E-state index is 0.161. The third kappa shape index (κ3) is 2.70. The Morgan fingerprint density at radius 1 is 1.33 bits per heavy atom. The number of nitrogens with zero attached hydrogens (tertiary/aromatic N) is 2. The molecule has 0 aliphatic heterocycles. The molecule has 0 amide bonds. The van der Waals surface area contributed by atoms with Crippen LogP contribution in [0.25, 0.3) is 0 Å². The Kier molecular flexibility index (Phi) is 3.12. The van der Waals surface area contributed by atoms with Crippen molar-refractivity contribution >= 4 is 17.2 Å². The Hall–Kier alpha value is -1.83. The highest BCUT2D eigenvalue weighted by atomic mass is 32.1. The Morgan fingerprint density at radius 3 is 2.61 bits per heavy atom. The van der Waals surface area contributed by atoms with Gasteiger partial charge in [0.05, 0.1) is 0 Å². The zero-order valence-electron chi connectivity index (χ0n) is 9.15. The van der Waals surface area contributed by atoms with Gasteiger partial charge in [-0.1, -0.05) is 0 Å². The van der Waals surface area contributed by atoms with Crippen LogP contribution in [0.3, 0.4) is 0 Å². The monoisotopic (exact) mass is 275 g/mol. The van der Waals surface area contributed by atoms with Gasteiger partial charge in [-0.2, -0.15) is 22.5 Å². The first-order chi connectivity index (χ1) is 8.36. The highest BCUT2D eigenvalue weighted by molar-refractivity contribution is 7.07. The zero-order chi connectivity index (χ0) is 13.3. The molecule has 8 heteroatoms. The van der Waals surface area contributed by atoms with Crippen molar-refractivity contribution in [2.24, 2.45) is 0 Å². The molecule has 0 spiro atoms. The fourth-order valence-electron chi connectivity index (χ4n) is 1.18. The molecular weight excluding hydrogens is 267 g/mol. The van der Waals surface area contributed by atoms with Crippen molar-refractivity contribution in [1.29, 1.82) is 0 Å². The summed E-state index contributed by atoms with van der Waals surface area (Å²) in [6.07, 6.45) is -4.56. The van der Waals surface area contributed by atoms with Gasteiger partial charge < -0.3 is 10.5 Å². The average Bonchev–Trinajstić information content (AvgIpc) is 2.72. The molecule has 0 aliphatic carbocycles. The van der Waals surface area contributed by atoms with Gasteiger partial charge in [0.25, 0.3) is 11.0 Å². The number of anilines is 1. The summed E-state index contributed by atoms with van der Waals surface area (Å²) in [7, 11) is 0. The van der Waals surface area contributed by atoms with Crippen LogP contribution in [0.15, 0.2) is 18.2 Å². The molecule has 0 aliphatic rings. The first-order valence-electron chi connectivity index (χ1n) is 4.81. The minimum atomic E-state index is -4.56. The van der Waals surface area contributed by atoms with Crippen molar-refractivity contribution in [3.8, 4) is 10.9 Å². The maximum atomic E-state index is 12.3. The number of benzene rings is 1. The molecule has 1 aromatic heterocycles. The molecule has 2 rings (SSSR count). The van der Waals surface area contributed by atoms with Crippen molar-refractivity contribution in [3.63, 3.8) is 0 Å². The maximum Gasteiger partial charge on any atom is 0.452 e. The SMILES string of the molecule is Cc1cc(Oc2nc(C(F)(F)F)ns2)ccc1N. The van der Waals surface area contributed by atoms with E-state index in [0.29, 0.717) is 23.0 Å². The van der Waals surface area contributed by atoms with Gasteiger partial charge in [-0.15, -0.1) is 0 Å². The van der Waals surface area contributed by atoms with Crippen LogP contribution in [0.5, 0.6) is 10.9 Å². The van der Waals surface area contributed by atoms with Crippen molar-refractivity contribution in [2.45, 2.75) is 13.1 Å². The number of hydrogen-bond donors (Lipinski definition) is 1. The molecule has 0 atom stereocenters. The lowest BCUT2D eigenvalue weighted by atomic mass is 10.2. The van der Waals surface area contributed by atoms with Gasteiger partial charge in [-0.3, -0.25) is 0 Å². The Balaban J connectivity index is 2.19. The normalized spacial score (nSPS) is 11.6. The fourth-order valence-corrected chi connectivity index (χ4v) is 1.75. The van der Waals surface area contributed by atoms with Gasteiger partial charge in [-0.05, 0) is 30.7 Å². The lowest BCUT2D eigenvalue weighted by molar-refractivity contribution is -0.144. The summed E-state index contributed by atoms with van der Waals surface area (Å²) in [5, 5.41) is -0.161. The van der Waals surface area contributed by atoms with Crippen LogP contribution in [-0.2, 0) is 6.18 Å². The third-order valence-corrected chi connectivity index (χ3v) is 2.70. The van der Waals surface area contributed by atoms with Gasteiger partial charge in [0.15, 0.2) is 0 Å². The summed E-state index contributed by atoms with van der Waals surface area (Å²) in [5.41, 5.74) is 6.96. The van der Waals surface area contributed by atoms with Crippen molar-refractivity contribution in [1.82, 2.24) is 9.36 Å². The summed E-state index contributed by atoms with van der Waals surface area (Å²) >= 11 is 0.547. The summed E-state index contributed by atoms with van der Waals surface area (Å²) < 4.78 is 45.2. The van der Waals surface area contributed by atoms with Gasteiger partial charge in [0.1, 0.15) is 5.75 Å². The zero-order valence-corrected chi connectivity index (χ0v) is 9.97. The molecule has 0 saturated carbocycles. The number of aromatic nitrogens is 2. The molecule has 2 N–H and O–H groups in total. The Morgan fingerprint density at radius 2 is 2.06 bits per heavy atom. The quantitative estimate of drug-likeness (QED) is 0.855. The molecule has 0 unspecified atom stereocenters. The topological polar surface area (TPSA) is 61.0 Å². The smallest absolute Gasteiger partial charge is 0.430 e. The molecule has 96 valence electrons. The van der Waals surface area contributed by atoms with Gasteiger partial charge in [-0.25, -0.2) is 0 Å². The molecule has 0 saturated heterocycles. The van der Waals surface area contributed by atoms with Gasteiger partial charge >= 0.3 is 6.18 Å². The van der Waals surface area contributed by atoms with Crippen LogP contribution >= 0.6 is 11.5 Å². The predicted octanol–water partition coefficient (Wildman–Crippen LogP) is 3.24. The van der Waals surface area contributed by atoms with E-state index in [1.807, 2.05) is 0 Å². The molecule has 1 heterocycles. The molecule has 0 fully saturated rings. The number of nitrogens with two attached hydrogens (primary N) is 1. The number of ether oxygens (including phenoxy) is 1. The van der Waals surface area contributed by atoms with Crippen molar-refractivity contribution < 1.29 is 17.9 Å². The van der Waals surface area contributed by atoms with Crippen LogP contribution < -0.4 is 10.5 Å². The second-order valence-corrected chi connectivity index (χ2v) is 4.22. The van der Waals surface area contributed by atoms with E-state index in [2.05, 4.69) is 9.36 Å². The molecule has 1 aromatic carbocycles. The third-order valence-electron chi connectivity index (χ3n) is 2.11. The number of hydrogen-bond acceptors (Lipinski definition) is 5. The van der Waals surface area contributed by atoms with Crippen molar-refractivity contribution in [3.05, 3.63) is 29.6 Å². The fraction of sp³-hybridized carbons (Fsp3) is 0.200. The molecule has 4 nitrogen and oxygen atoms in total. The highest BCUT2D eigenvalue weighted by Crippen LogP contribution is 2.32. The minimum Gasteiger partial charge on any atom is -0.430 e. The van der Waals surface area contributed by atoms with E-state index in [-0.39, 0.29) is 5.19 Å². The van der Waals surface area contributed by atoms with Crippen LogP contribution in [-0.4, -0.2) is 9.36 Å². The molecule has 2 aromatic rings. The second-order valence-electron chi connectivity index (χ2n) is 3.50. The Labute approximate surface area is 104 Å². The average molecular weight is 275 g/mol. The summed E-state index contributed by atoms with van der Waals surface area (Å²) in [4.78, 5) is 3.26. The number of alkyl halides is 3. The van der Waals surface area contributed by atoms with E-state index in [1.54, 1.807) is 25.1 Å². The van der Waals surface area contributed by atoms with Crippen LogP contribution in [0.1, 0.15) is 11.4 Å². The second kappa shape index (κ2) is 4.45.